The van der Waals surface area contributed by atoms with E-state index in [0.29, 0.717) is 6.54 Å². The zero-order valence-corrected chi connectivity index (χ0v) is 16.8. The van der Waals surface area contributed by atoms with Crippen LogP contribution in [0.25, 0.3) is 0 Å². The molecule has 0 radical (unpaired) electrons. The molecular weight excluding hydrogens is 415 g/mol. The number of aryl methyl sites for hydroxylation is 1. The molecule has 0 aliphatic rings. The quantitative estimate of drug-likeness (QED) is 0.291. The molecule has 0 atom stereocenters. The summed E-state index contributed by atoms with van der Waals surface area (Å²) >= 11 is 12.0. The number of hydrogen-bond donors (Lipinski definition) is 3. The molecule has 0 unspecified atom stereocenters. The minimum absolute atomic E-state index is 0.00288. The van der Waals surface area contributed by atoms with Gasteiger partial charge in [0.15, 0.2) is 0 Å². The second-order valence-corrected chi connectivity index (χ2v) is 7.83. The van der Waals surface area contributed by atoms with E-state index in [2.05, 4.69) is 10.5 Å². The Morgan fingerprint density at radius 1 is 1.11 bits per heavy atom. The number of sulfone groups is 1. The van der Waals surface area contributed by atoms with E-state index in [-0.39, 0.29) is 20.5 Å². The largest absolute Gasteiger partial charge is 0.465 e. The van der Waals surface area contributed by atoms with Gasteiger partial charge >= 0.3 is 6.09 Å². The number of nitrogens with one attached hydrogen (secondary N) is 1. The Morgan fingerprint density at radius 3 is 2.00 bits per heavy atom. The fourth-order valence-corrected chi connectivity index (χ4v) is 3.92. The highest BCUT2D eigenvalue weighted by atomic mass is 35.5. The number of amides is 1. The molecule has 2 rings (SSSR count). The van der Waals surface area contributed by atoms with Crippen molar-refractivity contribution in [3.63, 3.8) is 0 Å². The zero-order chi connectivity index (χ0) is 20.6. The molecule has 0 bridgehead atoms. The number of nitrogens with zero attached hydrogens (tertiary/aromatic N) is 1. The molecule has 0 aliphatic carbocycles. The molecular formula is C17H18Cl2N2O5S. The molecule has 0 saturated heterocycles. The van der Waals surface area contributed by atoms with Crippen LogP contribution < -0.4 is 5.32 Å². The molecule has 2 aromatic carbocycles. The first-order chi connectivity index (χ1) is 12.6. The molecule has 0 fully saturated rings. The number of rotatable bonds is 3. The number of carboxylic acid groups (broad SMARTS) is 1. The van der Waals surface area contributed by atoms with Crippen molar-refractivity contribution in [2.24, 2.45) is 5.16 Å². The minimum atomic E-state index is -4.03. The molecule has 0 aliphatic heterocycles. The smallest absolute Gasteiger partial charge is 0.404 e. The topological polar surface area (TPSA) is 116 Å². The van der Waals surface area contributed by atoms with Gasteiger partial charge < -0.3 is 15.6 Å². The van der Waals surface area contributed by atoms with Crippen molar-refractivity contribution in [2.45, 2.75) is 18.7 Å². The fraction of sp³-hybridized carbons (Fsp3) is 0.176. The SMILES string of the molecule is CCNC(=O)O.Cc1ccc(S(=O)(=O)/C(=N/O)c2c(Cl)cccc2Cl)cc1. The van der Waals surface area contributed by atoms with Gasteiger partial charge in [-0.05, 0) is 38.1 Å². The summed E-state index contributed by atoms with van der Waals surface area (Å²) in [5.41, 5.74) is 0.885. The van der Waals surface area contributed by atoms with E-state index in [9.17, 15) is 18.4 Å². The van der Waals surface area contributed by atoms with Crippen molar-refractivity contribution < 1.29 is 23.5 Å². The molecule has 27 heavy (non-hydrogen) atoms. The van der Waals surface area contributed by atoms with Crippen LogP contribution in [0.4, 0.5) is 4.79 Å². The lowest BCUT2D eigenvalue weighted by Gasteiger charge is -2.10. The van der Waals surface area contributed by atoms with Crippen LogP contribution >= 0.6 is 23.2 Å². The molecule has 2 aromatic rings. The Balaban J connectivity index is 0.000000527. The first kappa shape index (κ1) is 22.8. The Hall–Kier alpha value is -2.29. The van der Waals surface area contributed by atoms with E-state index < -0.39 is 21.0 Å². The van der Waals surface area contributed by atoms with Gasteiger partial charge in [0.05, 0.1) is 20.5 Å². The summed E-state index contributed by atoms with van der Waals surface area (Å²) in [6.07, 6.45) is -0.961. The van der Waals surface area contributed by atoms with Gasteiger partial charge in [-0.1, -0.05) is 52.1 Å². The number of benzene rings is 2. The van der Waals surface area contributed by atoms with Crippen LogP contribution in [0.3, 0.4) is 0 Å². The van der Waals surface area contributed by atoms with Crippen LogP contribution in [-0.2, 0) is 9.84 Å². The first-order valence-electron chi connectivity index (χ1n) is 7.60. The lowest BCUT2D eigenvalue weighted by atomic mass is 10.2. The summed E-state index contributed by atoms with van der Waals surface area (Å²) in [6, 6.07) is 10.7. The fourth-order valence-electron chi connectivity index (χ4n) is 1.92. The van der Waals surface area contributed by atoms with E-state index in [1.807, 2.05) is 6.92 Å². The van der Waals surface area contributed by atoms with Gasteiger partial charge in [0.2, 0.25) is 14.9 Å². The lowest BCUT2D eigenvalue weighted by molar-refractivity contribution is 0.195. The van der Waals surface area contributed by atoms with E-state index >= 15 is 0 Å². The third kappa shape index (κ3) is 6.13. The van der Waals surface area contributed by atoms with Crippen LogP contribution in [0, 0.1) is 6.92 Å². The summed E-state index contributed by atoms with van der Waals surface area (Å²) in [6.45, 7) is 4.05. The number of halogens is 2. The maximum Gasteiger partial charge on any atom is 0.404 e. The monoisotopic (exact) mass is 432 g/mol. The van der Waals surface area contributed by atoms with Crippen LogP contribution in [0.5, 0.6) is 0 Å². The van der Waals surface area contributed by atoms with Gasteiger partial charge in [-0.2, -0.15) is 0 Å². The molecule has 0 aromatic heterocycles. The third-order valence-corrected chi connectivity index (χ3v) is 5.50. The van der Waals surface area contributed by atoms with Gasteiger partial charge in [-0.3, -0.25) is 0 Å². The Morgan fingerprint density at radius 2 is 1.63 bits per heavy atom. The zero-order valence-electron chi connectivity index (χ0n) is 14.5. The molecule has 0 saturated carbocycles. The van der Waals surface area contributed by atoms with Gasteiger partial charge in [0.1, 0.15) is 0 Å². The lowest BCUT2D eigenvalue weighted by Crippen LogP contribution is -2.19. The second kappa shape index (κ2) is 10.1. The Kier molecular flexibility index (Phi) is 8.55. The van der Waals surface area contributed by atoms with Crippen LogP contribution in [-0.4, -0.2) is 36.4 Å². The predicted octanol–water partition coefficient (Wildman–Crippen LogP) is 4.19. The molecule has 1 amide bonds. The average Bonchev–Trinajstić information content (AvgIpc) is 2.59. The highest BCUT2D eigenvalue weighted by Crippen LogP contribution is 2.29. The Labute approximate surface area is 167 Å². The van der Waals surface area contributed by atoms with Crippen LogP contribution in [0.2, 0.25) is 10.0 Å². The summed E-state index contributed by atoms with van der Waals surface area (Å²) in [5, 5.41) is 21.6. The summed E-state index contributed by atoms with van der Waals surface area (Å²) in [4.78, 5) is 9.49. The van der Waals surface area contributed by atoms with Crippen LogP contribution in [0.1, 0.15) is 18.1 Å². The van der Waals surface area contributed by atoms with E-state index in [1.54, 1.807) is 25.1 Å². The number of carbonyl (C=O) groups is 1. The van der Waals surface area contributed by atoms with Crippen LogP contribution in [0.15, 0.2) is 52.5 Å². The summed E-state index contributed by atoms with van der Waals surface area (Å²) in [5.74, 6) is 0. The predicted molar refractivity (Wildman–Crippen MR) is 105 cm³/mol. The minimum Gasteiger partial charge on any atom is -0.465 e. The summed E-state index contributed by atoms with van der Waals surface area (Å²) in [7, 11) is -4.03. The highest BCUT2D eigenvalue weighted by Gasteiger charge is 2.28. The van der Waals surface area contributed by atoms with Gasteiger partial charge in [-0.15, -0.1) is 0 Å². The molecule has 0 heterocycles. The molecule has 146 valence electrons. The summed E-state index contributed by atoms with van der Waals surface area (Å²) < 4.78 is 25.1. The third-order valence-electron chi connectivity index (χ3n) is 3.18. The van der Waals surface area contributed by atoms with E-state index in [4.69, 9.17) is 28.3 Å². The first-order valence-corrected chi connectivity index (χ1v) is 9.84. The van der Waals surface area contributed by atoms with Crippen molar-refractivity contribution in [1.82, 2.24) is 5.32 Å². The molecule has 3 N–H and O–H groups in total. The normalized spacial score (nSPS) is 11.3. The second-order valence-electron chi connectivity index (χ2n) is 5.15. The van der Waals surface area contributed by atoms with E-state index in [1.165, 1.54) is 24.3 Å². The van der Waals surface area contributed by atoms with Gasteiger partial charge in [0, 0.05) is 6.54 Å². The molecule has 7 nitrogen and oxygen atoms in total. The van der Waals surface area contributed by atoms with Gasteiger partial charge in [-0.25, -0.2) is 13.2 Å². The van der Waals surface area contributed by atoms with Crippen molar-refractivity contribution in [3.05, 3.63) is 63.6 Å². The maximum absolute atomic E-state index is 12.6. The van der Waals surface area contributed by atoms with Crippen molar-refractivity contribution in [2.75, 3.05) is 6.54 Å². The number of oxime groups is 1. The highest BCUT2D eigenvalue weighted by molar-refractivity contribution is 8.07. The number of hydrogen-bond acceptors (Lipinski definition) is 5. The average molecular weight is 433 g/mol. The van der Waals surface area contributed by atoms with Crippen molar-refractivity contribution in [1.29, 1.82) is 0 Å². The maximum atomic E-state index is 12.6. The van der Waals surface area contributed by atoms with Crippen molar-refractivity contribution >= 4 is 44.2 Å². The van der Waals surface area contributed by atoms with Gasteiger partial charge in [0.25, 0.3) is 0 Å². The standard InChI is InChI=1S/C14H11Cl2NO3S.C3H7NO2/c1-9-5-7-10(8-6-9)21(19,20)14(17-18)13-11(15)3-2-4-12(13)16;1-2-4-3(5)6/h2-8,18H,1H3;4H,2H2,1H3,(H,5,6)/b17-14+;. The Bertz CT molecular complexity index is 909. The molecule has 0 spiro atoms. The molecule has 10 heteroatoms. The van der Waals surface area contributed by atoms with Crippen molar-refractivity contribution in [3.8, 4) is 0 Å². The van der Waals surface area contributed by atoms with E-state index in [0.717, 1.165) is 5.56 Å².